The van der Waals surface area contributed by atoms with Crippen molar-refractivity contribution in [3.8, 4) is 0 Å². The van der Waals surface area contributed by atoms with Gasteiger partial charge in [-0.05, 0) is 13.3 Å². The summed E-state index contributed by atoms with van der Waals surface area (Å²) < 4.78 is 5.07. The molecule has 2 N–H and O–H groups in total. The van der Waals surface area contributed by atoms with Crippen molar-refractivity contribution in [2.75, 3.05) is 13.2 Å². The van der Waals surface area contributed by atoms with Crippen LogP contribution in [-0.2, 0) is 14.3 Å². The van der Waals surface area contributed by atoms with E-state index in [-0.39, 0.29) is 12.5 Å². The lowest BCUT2D eigenvalue weighted by atomic mass is 10.3. The molecule has 0 fully saturated rings. The van der Waals surface area contributed by atoms with Gasteiger partial charge in [-0.3, -0.25) is 9.59 Å². The van der Waals surface area contributed by atoms with Crippen LogP contribution in [0.4, 0.5) is 0 Å². The lowest BCUT2D eigenvalue weighted by Gasteiger charge is -2.09. The molecule has 0 aliphatic heterocycles. The number of aliphatic carboxylic acids is 1. The van der Waals surface area contributed by atoms with Crippen molar-refractivity contribution < 1.29 is 19.4 Å². The largest absolute Gasteiger partial charge is 0.480 e. The van der Waals surface area contributed by atoms with Crippen LogP contribution in [0.5, 0.6) is 0 Å². The molecule has 1 amide bonds. The second-order valence-electron chi connectivity index (χ2n) is 3.39. The number of hydrogen-bond donors (Lipinski definition) is 2. The SMILES string of the molecule is CCCCCOCC(=O)NC(C)C(=O)O. The van der Waals surface area contributed by atoms with E-state index in [1.54, 1.807) is 0 Å². The first-order valence-electron chi connectivity index (χ1n) is 5.17. The van der Waals surface area contributed by atoms with E-state index < -0.39 is 12.0 Å². The van der Waals surface area contributed by atoms with E-state index in [2.05, 4.69) is 12.2 Å². The maximum absolute atomic E-state index is 11.1. The molecule has 88 valence electrons. The van der Waals surface area contributed by atoms with E-state index in [0.717, 1.165) is 19.3 Å². The smallest absolute Gasteiger partial charge is 0.325 e. The molecule has 1 unspecified atom stereocenters. The van der Waals surface area contributed by atoms with Crippen molar-refractivity contribution in [1.82, 2.24) is 5.32 Å². The number of amides is 1. The monoisotopic (exact) mass is 217 g/mol. The molecule has 0 saturated carbocycles. The van der Waals surface area contributed by atoms with Gasteiger partial charge in [-0.2, -0.15) is 0 Å². The lowest BCUT2D eigenvalue weighted by molar-refractivity contribution is -0.142. The van der Waals surface area contributed by atoms with Gasteiger partial charge in [-0.1, -0.05) is 19.8 Å². The molecule has 5 heteroatoms. The van der Waals surface area contributed by atoms with Crippen molar-refractivity contribution in [3.63, 3.8) is 0 Å². The molecule has 0 bridgehead atoms. The number of rotatable bonds is 8. The average Bonchev–Trinajstić information content (AvgIpc) is 2.17. The molecule has 0 rings (SSSR count). The minimum atomic E-state index is -1.05. The maximum Gasteiger partial charge on any atom is 0.325 e. The van der Waals surface area contributed by atoms with Crippen LogP contribution in [0.1, 0.15) is 33.1 Å². The summed E-state index contributed by atoms with van der Waals surface area (Å²) in [4.78, 5) is 21.5. The Bertz CT molecular complexity index is 206. The normalized spacial score (nSPS) is 12.1. The third kappa shape index (κ3) is 7.93. The van der Waals surface area contributed by atoms with E-state index >= 15 is 0 Å². The number of carboxylic acid groups (broad SMARTS) is 1. The van der Waals surface area contributed by atoms with Crippen LogP contribution in [0, 0.1) is 0 Å². The Kier molecular flexibility index (Phi) is 7.62. The molecule has 0 heterocycles. The van der Waals surface area contributed by atoms with E-state index in [4.69, 9.17) is 9.84 Å². The Labute approximate surface area is 89.8 Å². The Morgan fingerprint density at radius 3 is 2.60 bits per heavy atom. The predicted molar refractivity (Wildman–Crippen MR) is 55.6 cm³/mol. The van der Waals surface area contributed by atoms with Gasteiger partial charge in [0.15, 0.2) is 0 Å². The van der Waals surface area contributed by atoms with Crippen LogP contribution in [0.3, 0.4) is 0 Å². The number of carbonyl (C=O) groups excluding carboxylic acids is 1. The van der Waals surface area contributed by atoms with Gasteiger partial charge in [0, 0.05) is 6.61 Å². The summed E-state index contributed by atoms with van der Waals surface area (Å²) in [6.45, 7) is 3.97. The van der Waals surface area contributed by atoms with E-state index in [0.29, 0.717) is 6.61 Å². The van der Waals surface area contributed by atoms with Crippen molar-refractivity contribution in [1.29, 1.82) is 0 Å². The van der Waals surface area contributed by atoms with Gasteiger partial charge in [0.05, 0.1) is 0 Å². The first-order chi connectivity index (χ1) is 7.07. The summed E-state index contributed by atoms with van der Waals surface area (Å²) in [5, 5.41) is 10.8. The summed E-state index contributed by atoms with van der Waals surface area (Å²) >= 11 is 0. The zero-order valence-corrected chi connectivity index (χ0v) is 9.28. The van der Waals surface area contributed by atoms with Crippen molar-refractivity contribution in [2.45, 2.75) is 39.2 Å². The van der Waals surface area contributed by atoms with Gasteiger partial charge >= 0.3 is 5.97 Å². The average molecular weight is 217 g/mol. The van der Waals surface area contributed by atoms with Crippen LogP contribution in [-0.4, -0.2) is 36.2 Å². The molecule has 0 radical (unpaired) electrons. The van der Waals surface area contributed by atoms with Gasteiger partial charge in [0.2, 0.25) is 5.91 Å². The van der Waals surface area contributed by atoms with E-state index in [9.17, 15) is 9.59 Å². The summed E-state index contributed by atoms with van der Waals surface area (Å²) in [5.41, 5.74) is 0. The number of unbranched alkanes of at least 4 members (excludes halogenated alkanes) is 2. The Morgan fingerprint density at radius 1 is 1.40 bits per heavy atom. The zero-order valence-electron chi connectivity index (χ0n) is 9.28. The summed E-state index contributed by atoms with van der Waals surface area (Å²) in [6.07, 6.45) is 3.11. The van der Waals surface area contributed by atoms with Crippen LogP contribution in [0.15, 0.2) is 0 Å². The van der Waals surface area contributed by atoms with E-state index in [1.807, 2.05) is 0 Å². The topological polar surface area (TPSA) is 75.6 Å². The molecular formula is C10H19NO4. The fourth-order valence-electron chi connectivity index (χ4n) is 0.964. The van der Waals surface area contributed by atoms with E-state index in [1.165, 1.54) is 6.92 Å². The Hall–Kier alpha value is -1.10. The predicted octanol–water partition coefficient (Wildman–Crippen LogP) is 0.782. The highest BCUT2D eigenvalue weighted by atomic mass is 16.5. The quantitative estimate of drug-likeness (QED) is 0.589. The fourth-order valence-corrected chi connectivity index (χ4v) is 0.964. The van der Waals surface area contributed by atoms with Crippen molar-refractivity contribution in [2.24, 2.45) is 0 Å². The number of hydrogen-bond acceptors (Lipinski definition) is 3. The molecule has 0 aromatic carbocycles. The highest BCUT2D eigenvalue weighted by Crippen LogP contribution is 1.93. The number of nitrogens with one attached hydrogen (secondary N) is 1. The van der Waals surface area contributed by atoms with Gasteiger partial charge in [0.1, 0.15) is 12.6 Å². The van der Waals surface area contributed by atoms with Gasteiger partial charge < -0.3 is 15.2 Å². The zero-order chi connectivity index (χ0) is 11.7. The molecule has 1 atom stereocenters. The van der Waals surface area contributed by atoms with Gasteiger partial charge in [-0.25, -0.2) is 0 Å². The van der Waals surface area contributed by atoms with Gasteiger partial charge in [-0.15, -0.1) is 0 Å². The number of ether oxygens (including phenoxy) is 1. The molecule has 0 saturated heterocycles. The minimum absolute atomic E-state index is 0.0681. The first-order valence-corrected chi connectivity index (χ1v) is 5.17. The molecule has 0 aromatic rings. The first kappa shape index (κ1) is 13.9. The molecule has 0 aliphatic carbocycles. The third-order valence-electron chi connectivity index (χ3n) is 1.87. The van der Waals surface area contributed by atoms with Crippen molar-refractivity contribution >= 4 is 11.9 Å². The molecule has 0 aromatic heterocycles. The summed E-state index contributed by atoms with van der Waals surface area (Å²) in [6, 6.07) is -0.864. The second-order valence-corrected chi connectivity index (χ2v) is 3.39. The maximum atomic E-state index is 11.1. The standard InChI is InChI=1S/C10H19NO4/c1-3-4-5-6-15-7-9(12)11-8(2)10(13)14/h8H,3-7H2,1-2H3,(H,11,12)(H,13,14). The highest BCUT2D eigenvalue weighted by molar-refractivity contribution is 5.83. The second kappa shape index (κ2) is 8.23. The van der Waals surface area contributed by atoms with Crippen LogP contribution < -0.4 is 5.32 Å². The molecule has 15 heavy (non-hydrogen) atoms. The fraction of sp³-hybridized carbons (Fsp3) is 0.800. The number of carboxylic acids is 1. The molecule has 0 aliphatic rings. The van der Waals surface area contributed by atoms with Crippen molar-refractivity contribution in [3.05, 3.63) is 0 Å². The number of carbonyl (C=O) groups is 2. The Morgan fingerprint density at radius 2 is 2.07 bits per heavy atom. The highest BCUT2D eigenvalue weighted by Gasteiger charge is 2.13. The van der Waals surface area contributed by atoms with Crippen LogP contribution in [0.2, 0.25) is 0 Å². The Balaban J connectivity index is 3.45. The third-order valence-corrected chi connectivity index (χ3v) is 1.87. The minimum Gasteiger partial charge on any atom is -0.480 e. The summed E-state index contributed by atoms with van der Waals surface area (Å²) in [5.74, 6) is -1.43. The molecule has 0 spiro atoms. The molecular weight excluding hydrogens is 198 g/mol. The van der Waals surface area contributed by atoms with Gasteiger partial charge in [0.25, 0.3) is 0 Å². The lowest BCUT2D eigenvalue weighted by Crippen LogP contribution is -2.40. The molecule has 5 nitrogen and oxygen atoms in total. The van der Waals surface area contributed by atoms with Crippen LogP contribution in [0.25, 0.3) is 0 Å². The summed E-state index contributed by atoms with van der Waals surface area (Å²) in [7, 11) is 0. The van der Waals surface area contributed by atoms with Crippen LogP contribution >= 0.6 is 0 Å².